The average molecular weight is 1500 g/mol. The Bertz CT molecular complexity index is 5370. The number of morpholine rings is 1. The number of halogens is 1. The lowest BCUT2D eigenvalue weighted by Crippen LogP contribution is -2.47. The fourth-order valence-corrected chi connectivity index (χ4v) is 15.7. The molecule has 0 spiro atoms. The van der Waals surface area contributed by atoms with E-state index in [0.29, 0.717) is 70.8 Å². The predicted molar refractivity (Wildman–Crippen MR) is 420 cm³/mol. The fourth-order valence-electron chi connectivity index (χ4n) is 12.4. The van der Waals surface area contributed by atoms with E-state index in [9.17, 15) is 26.4 Å². The number of hydrogen-bond acceptors (Lipinski definition) is 20. The molecular formula is C77H89ClN16O8S3. The monoisotopic (exact) mass is 1500 g/mol. The number of ether oxygens (including phenoxy) is 2. The maximum Gasteiger partial charge on any atom is 0.347 e. The summed E-state index contributed by atoms with van der Waals surface area (Å²) in [4.78, 5) is 54.4. The molecule has 4 aromatic carbocycles. The van der Waals surface area contributed by atoms with Gasteiger partial charge in [-0.25, -0.2) is 51.1 Å². The molecule has 1 saturated carbocycles. The first-order valence-electron chi connectivity index (χ1n) is 35.0. The number of pyridine rings is 1. The Balaban J connectivity index is 0.000000156. The van der Waals surface area contributed by atoms with E-state index >= 15 is 0 Å². The van der Waals surface area contributed by atoms with Crippen molar-refractivity contribution in [2.45, 2.75) is 96.7 Å². The number of allylic oxidation sites excluding steroid dienone is 6. The van der Waals surface area contributed by atoms with Gasteiger partial charge >= 0.3 is 5.69 Å². The number of nitrogens with zero attached hydrogens (tertiary/aromatic N) is 11. The molecule has 3 aliphatic heterocycles. The molecule has 6 aromatic heterocycles. The summed E-state index contributed by atoms with van der Waals surface area (Å²) in [5, 5.41) is 20.2. The van der Waals surface area contributed by atoms with Gasteiger partial charge in [0, 0.05) is 102 Å². The molecule has 2 saturated heterocycles. The second-order valence-corrected chi connectivity index (χ2v) is 31.9. The lowest BCUT2D eigenvalue weighted by Gasteiger charge is -2.39. The van der Waals surface area contributed by atoms with Gasteiger partial charge in [0.2, 0.25) is 10.0 Å². The number of fused-ring (bicyclic) bond motifs is 6. The molecule has 1 aliphatic carbocycles. The number of sulfonamides is 2. The second-order valence-electron chi connectivity index (χ2n) is 26.7. The molecule has 550 valence electrons. The highest BCUT2D eigenvalue weighted by Gasteiger charge is 2.35. The van der Waals surface area contributed by atoms with Crippen LogP contribution in [0.25, 0.3) is 55.3 Å². The Morgan fingerprint density at radius 1 is 0.876 bits per heavy atom. The minimum atomic E-state index is -4.07. The highest BCUT2D eigenvalue weighted by Crippen LogP contribution is 2.39. The highest BCUT2D eigenvalue weighted by molar-refractivity contribution is 7.92. The number of methoxy groups -OCH3 is 1. The predicted octanol–water partition coefficient (Wildman–Crippen LogP) is 11.7. The molecule has 6 N–H and O–H groups in total. The maximum atomic E-state index is 13.4. The number of anilines is 4. The third-order valence-electron chi connectivity index (χ3n) is 18.4. The van der Waals surface area contributed by atoms with Gasteiger partial charge in [0.1, 0.15) is 11.5 Å². The molecule has 2 atom stereocenters. The molecule has 4 aliphatic rings. The fraction of sp³-hybridized carbons (Fsp3) is 0.338. The van der Waals surface area contributed by atoms with E-state index in [1.165, 1.54) is 41.2 Å². The van der Waals surface area contributed by atoms with Gasteiger partial charge in [-0.1, -0.05) is 144 Å². The van der Waals surface area contributed by atoms with Crippen molar-refractivity contribution in [2.24, 2.45) is 22.1 Å². The van der Waals surface area contributed by atoms with Crippen LogP contribution >= 0.6 is 22.9 Å². The number of rotatable bonds is 20. The van der Waals surface area contributed by atoms with Crippen molar-refractivity contribution in [1.82, 2.24) is 53.9 Å². The standard InChI is InChI=1S/C27H27ClN4O4S.C25H29N5O.C23H27N7O3S2.C2H6/c1-27(2,3)24(33)15-17-8-7-9-19(14-17)37(34,35)32-26-25(29-21-10-5-6-11-22(21)30-26)31-23-16-18(36-4)12-13-20(23)28;1-3-5-6-7-10-18-17-20-22(13-16-30-23(20)28-29-24(30)31)27-21(18)12-8-11-19(4-2)25(26)14-9-15-25;1-35(31,32)30-7-5-28(6-8-30)15-16-13-20-21(34-16)23(29-9-11-33-12-10-29)26-22(25-20)17-3-2-4-19-18(17)14-24-27-19;1-2/h5-14,16H,15H2,1-4H3,(H,29,31)(H,30,32);3-8,11-13,16-18,21H,2,9-10,14-15,26H2,1H3,(H,29,31);2-4,13-14H,5-12,15H2,1H3,(H,24,27);1-2H3/b;5-3-,7-6-,12-8+,19-11+;;. The van der Waals surface area contributed by atoms with Gasteiger partial charge in [-0.3, -0.25) is 24.5 Å². The second kappa shape index (κ2) is 33.7. The molecule has 2 unspecified atom stereocenters. The summed E-state index contributed by atoms with van der Waals surface area (Å²) in [6.07, 6.45) is 27.5. The minimum Gasteiger partial charge on any atom is -0.497 e. The maximum absolute atomic E-state index is 13.4. The molecule has 105 heavy (non-hydrogen) atoms. The normalized spacial score (nSPS) is 17.2. The number of nitrogens with one attached hydrogen (secondary N) is 4. The Hall–Kier alpha value is -9.58. The van der Waals surface area contributed by atoms with Crippen molar-refractivity contribution in [1.29, 1.82) is 0 Å². The molecular weight excluding hydrogens is 1410 g/mol. The largest absolute Gasteiger partial charge is 0.497 e. The first kappa shape index (κ1) is 76.5. The number of para-hydroxylation sites is 2. The van der Waals surface area contributed by atoms with Crippen molar-refractivity contribution in [3.8, 4) is 17.1 Å². The van der Waals surface area contributed by atoms with E-state index in [1.807, 2.05) is 102 Å². The molecule has 14 rings (SSSR count). The molecule has 3 fully saturated rings. The molecule has 9 heterocycles. The van der Waals surface area contributed by atoms with Crippen LogP contribution in [-0.4, -0.2) is 154 Å². The van der Waals surface area contributed by atoms with Gasteiger partial charge in [-0.2, -0.15) is 14.5 Å². The molecule has 10 aromatic rings. The summed E-state index contributed by atoms with van der Waals surface area (Å²) in [6, 6.07) is 28.5. The zero-order valence-electron chi connectivity index (χ0n) is 60.2. The molecule has 24 nitrogen and oxygen atoms in total. The number of thiophene rings is 1. The quantitative estimate of drug-likeness (QED) is 0.0443. The lowest BCUT2D eigenvalue weighted by atomic mass is 9.72. The number of benzene rings is 4. The number of aromatic amines is 2. The number of piperazine rings is 1. The zero-order chi connectivity index (χ0) is 74.6. The Labute approximate surface area is 620 Å². The van der Waals surface area contributed by atoms with Crippen molar-refractivity contribution in [3.05, 3.63) is 207 Å². The van der Waals surface area contributed by atoms with Crippen LogP contribution in [0.15, 0.2) is 185 Å². The molecule has 0 amide bonds. The van der Waals surface area contributed by atoms with Crippen LogP contribution in [0.2, 0.25) is 5.02 Å². The average Bonchev–Trinajstić information content (AvgIpc) is 1.67. The van der Waals surface area contributed by atoms with Crippen LogP contribution in [0.5, 0.6) is 5.75 Å². The zero-order valence-corrected chi connectivity index (χ0v) is 63.4. The van der Waals surface area contributed by atoms with Gasteiger partial charge in [0.25, 0.3) is 10.0 Å². The first-order chi connectivity index (χ1) is 50.5. The first-order valence-corrected chi connectivity index (χ1v) is 39.5. The number of aromatic nitrogens is 9. The van der Waals surface area contributed by atoms with E-state index in [0.717, 1.165) is 101 Å². The Kier molecular flexibility index (Phi) is 24.6. The summed E-state index contributed by atoms with van der Waals surface area (Å²) in [7, 11) is -5.68. The van der Waals surface area contributed by atoms with Crippen molar-refractivity contribution in [2.75, 3.05) is 80.8 Å². The third-order valence-corrected chi connectivity index (χ3v) is 22.5. The topological polar surface area (TPSA) is 306 Å². The van der Waals surface area contributed by atoms with Crippen LogP contribution in [0.1, 0.15) is 77.7 Å². The van der Waals surface area contributed by atoms with Crippen LogP contribution in [0.4, 0.5) is 23.1 Å². The van der Waals surface area contributed by atoms with E-state index in [4.69, 9.17) is 41.8 Å². The number of H-pyrrole nitrogens is 2. The summed E-state index contributed by atoms with van der Waals surface area (Å²) >= 11 is 8.09. The van der Waals surface area contributed by atoms with Gasteiger partial charge in [0.15, 0.2) is 28.9 Å². The van der Waals surface area contributed by atoms with Gasteiger partial charge < -0.3 is 25.4 Å². The van der Waals surface area contributed by atoms with Gasteiger partial charge in [-0.15, -0.1) is 11.3 Å². The van der Waals surface area contributed by atoms with Gasteiger partial charge in [0.05, 0.1) is 86.5 Å². The number of carbonyl (C=O) groups is 1. The summed E-state index contributed by atoms with van der Waals surface area (Å²) < 4.78 is 68.1. The number of nitrogens with two attached hydrogens (primary N) is 1. The molecule has 0 radical (unpaired) electrons. The SMILES string of the molecule is C=C/C(=C\C=C\C1N=c2ccn3c(=O)[nH]nc3c2=CC1C/C=C\C=C/C)C1(N)CCC1.CC.COc1ccc(Cl)c(Nc2nc3ccccc3nc2NS(=O)(=O)c2cccc(CC(=O)C(C)(C)C)c2)c1.CS(=O)(=O)N1CCN(Cc2cc3nc(-c4cccc5[nH]ncc45)nc(N4CCOCC4)c3s2)CC1. The van der Waals surface area contributed by atoms with E-state index in [2.05, 4.69) is 93.2 Å². The van der Waals surface area contributed by atoms with Gasteiger partial charge in [-0.05, 0) is 98.3 Å². The van der Waals surface area contributed by atoms with Crippen LogP contribution in [-0.2, 0) is 42.5 Å². The summed E-state index contributed by atoms with van der Waals surface area (Å²) in [5.41, 5.74) is 12.1. The number of ketones is 1. The minimum absolute atomic E-state index is 0.00578. The summed E-state index contributed by atoms with van der Waals surface area (Å²) in [5.74, 6) is 2.52. The molecule has 0 bridgehead atoms. The van der Waals surface area contributed by atoms with Crippen molar-refractivity contribution < 1.29 is 31.1 Å². The third kappa shape index (κ3) is 18.4. The van der Waals surface area contributed by atoms with Crippen LogP contribution in [0, 0.1) is 11.3 Å². The Morgan fingerprint density at radius 3 is 2.31 bits per heavy atom. The molecule has 28 heteroatoms. The van der Waals surface area contributed by atoms with E-state index < -0.39 is 25.5 Å². The number of Topliss-reactive ketones (excluding diaryl/α,β-unsaturated/α-hetero) is 1. The highest BCUT2D eigenvalue weighted by atomic mass is 35.5. The van der Waals surface area contributed by atoms with Crippen molar-refractivity contribution >= 4 is 116 Å². The summed E-state index contributed by atoms with van der Waals surface area (Å²) in [6.45, 7) is 21.7. The number of hydrogen-bond donors (Lipinski definition) is 5. The van der Waals surface area contributed by atoms with Crippen LogP contribution in [0.3, 0.4) is 0 Å². The smallest absolute Gasteiger partial charge is 0.347 e. The van der Waals surface area contributed by atoms with E-state index in [-0.39, 0.29) is 51.9 Å². The Morgan fingerprint density at radius 2 is 1.62 bits per heavy atom. The lowest BCUT2D eigenvalue weighted by molar-refractivity contribution is -0.125. The van der Waals surface area contributed by atoms with E-state index in [1.54, 1.807) is 70.4 Å². The number of carbonyl (C=O) groups excluding carboxylic acids is 1. The van der Waals surface area contributed by atoms with Crippen molar-refractivity contribution in [3.63, 3.8) is 0 Å². The van der Waals surface area contributed by atoms with Crippen LogP contribution < -0.4 is 41.7 Å².